The van der Waals surface area contributed by atoms with Gasteiger partial charge in [0.25, 0.3) is 0 Å². The fourth-order valence-corrected chi connectivity index (χ4v) is 4.03. The van der Waals surface area contributed by atoms with Gasteiger partial charge in [0, 0.05) is 35.3 Å². The van der Waals surface area contributed by atoms with Gasteiger partial charge in [-0.05, 0) is 38.9 Å². The second kappa shape index (κ2) is 5.78. The summed E-state index contributed by atoms with van der Waals surface area (Å²) in [6, 6.07) is 2.15. The number of likely N-dealkylation sites (tertiary alicyclic amines) is 1. The normalized spacial score (nSPS) is 15.9. The molecule has 0 amide bonds. The number of H-pyrrole nitrogens is 1. The van der Waals surface area contributed by atoms with Crippen molar-refractivity contribution in [2.24, 2.45) is 0 Å². The van der Waals surface area contributed by atoms with Crippen molar-refractivity contribution in [1.29, 1.82) is 0 Å². The fourth-order valence-electron chi connectivity index (χ4n) is 2.99. The Labute approximate surface area is 133 Å². The van der Waals surface area contributed by atoms with Crippen molar-refractivity contribution in [3.63, 3.8) is 0 Å². The van der Waals surface area contributed by atoms with Crippen molar-refractivity contribution in [3.05, 3.63) is 30.0 Å². The lowest BCUT2D eigenvalue weighted by Crippen LogP contribution is -2.22. The molecule has 3 aromatic rings. The molecule has 1 fully saturated rings. The van der Waals surface area contributed by atoms with Crippen LogP contribution < -0.4 is 0 Å². The molecule has 0 atom stereocenters. The molecule has 0 radical (unpaired) electrons. The Morgan fingerprint density at radius 2 is 2.14 bits per heavy atom. The van der Waals surface area contributed by atoms with Gasteiger partial charge in [-0.15, -0.1) is 11.3 Å². The van der Waals surface area contributed by atoms with E-state index in [1.807, 2.05) is 19.3 Å². The molecule has 0 spiro atoms. The third-order valence-corrected chi connectivity index (χ3v) is 5.36. The Balaban J connectivity index is 1.56. The minimum absolute atomic E-state index is 0.936. The van der Waals surface area contributed by atoms with Crippen molar-refractivity contribution in [3.8, 4) is 10.4 Å². The van der Waals surface area contributed by atoms with Crippen molar-refractivity contribution < 1.29 is 0 Å². The molecule has 22 heavy (non-hydrogen) atoms. The summed E-state index contributed by atoms with van der Waals surface area (Å²) < 4.78 is 1.14. The minimum atomic E-state index is 0.936. The number of aryl methyl sites for hydroxylation is 1. The first-order chi connectivity index (χ1) is 10.8. The SMILES string of the molecule is Cc1[nH]ncc1-c1cc2nc(CCN3CCCC3)ncc2s1. The summed E-state index contributed by atoms with van der Waals surface area (Å²) in [5.41, 5.74) is 3.29. The minimum Gasteiger partial charge on any atom is -0.303 e. The summed E-state index contributed by atoms with van der Waals surface area (Å²) in [5.74, 6) is 0.952. The number of aromatic amines is 1. The average molecular weight is 313 g/mol. The van der Waals surface area contributed by atoms with E-state index >= 15 is 0 Å². The number of rotatable bonds is 4. The lowest BCUT2D eigenvalue weighted by molar-refractivity contribution is 0.341. The quantitative estimate of drug-likeness (QED) is 0.804. The van der Waals surface area contributed by atoms with E-state index < -0.39 is 0 Å². The lowest BCUT2D eigenvalue weighted by Gasteiger charge is -2.13. The van der Waals surface area contributed by atoms with Gasteiger partial charge in [0.05, 0.1) is 16.4 Å². The second-order valence-electron chi connectivity index (χ2n) is 5.85. The van der Waals surface area contributed by atoms with Crippen molar-refractivity contribution in [2.45, 2.75) is 26.2 Å². The Bertz CT molecular complexity index is 785. The molecule has 0 aromatic carbocycles. The Hall–Kier alpha value is -1.79. The van der Waals surface area contributed by atoms with E-state index in [-0.39, 0.29) is 0 Å². The second-order valence-corrected chi connectivity index (χ2v) is 6.94. The van der Waals surface area contributed by atoms with E-state index in [1.165, 1.54) is 30.8 Å². The zero-order valence-corrected chi connectivity index (χ0v) is 13.5. The maximum atomic E-state index is 4.74. The summed E-state index contributed by atoms with van der Waals surface area (Å²) in [6.07, 6.45) is 7.44. The maximum Gasteiger partial charge on any atom is 0.130 e. The molecule has 4 heterocycles. The van der Waals surface area contributed by atoms with E-state index in [9.17, 15) is 0 Å². The van der Waals surface area contributed by atoms with Gasteiger partial charge >= 0.3 is 0 Å². The van der Waals surface area contributed by atoms with Crippen LogP contribution in [0.25, 0.3) is 20.7 Å². The molecule has 1 N–H and O–H groups in total. The zero-order chi connectivity index (χ0) is 14.9. The molecule has 6 heteroatoms. The summed E-state index contributed by atoms with van der Waals surface area (Å²) >= 11 is 1.73. The van der Waals surface area contributed by atoms with Gasteiger partial charge in [-0.25, -0.2) is 9.97 Å². The first kappa shape index (κ1) is 13.8. The molecule has 0 aliphatic carbocycles. The largest absolute Gasteiger partial charge is 0.303 e. The molecule has 0 saturated carbocycles. The molecule has 5 nitrogen and oxygen atoms in total. The topological polar surface area (TPSA) is 57.7 Å². The van der Waals surface area contributed by atoms with Crippen LogP contribution in [0.2, 0.25) is 0 Å². The highest BCUT2D eigenvalue weighted by molar-refractivity contribution is 7.22. The van der Waals surface area contributed by atoms with Crippen LogP contribution in [-0.2, 0) is 6.42 Å². The van der Waals surface area contributed by atoms with Crippen molar-refractivity contribution >= 4 is 21.6 Å². The van der Waals surface area contributed by atoms with Crippen LogP contribution in [0.15, 0.2) is 18.5 Å². The molecular weight excluding hydrogens is 294 g/mol. The fraction of sp³-hybridized carbons (Fsp3) is 0.438. The molecule has 1 saturated heterocycles. The van der Waals surface area contributed by atoms with Gasteiger partial charge in [-0.3, -0.25) is 5.10 Å². The molecule has 0 unspecified atom stereocenters. The summed E-state index contributed by atoms with van der Waals surface area (Å²) in [6.45, 7) is 5.57. The Morgan fingerprint density at radius 1 is 1.27 bits per heavy atom. The van der Waals surface area contributed by atoms with Gasteiger partial charge in [-0.1, -0.05) is 0 Å². The van der Waals surface area contributed by atoms with Crippen LogP contribution in [0, 0.1) is 6.92 Å². The highest BCUT2D eigenvalue weighted by Crippen LogP contribution is 2.33. The van der Waals surface area contributed by atoms with E-state index in [2.05, 4.69) is 26.1 Å². The predicted molar refractivity (Wildman–Crippen MR) is 89.1 cm³/mol. The number of nitrogens with zero attached hydrogens (tertiary/aromatic N) is 4. The van der Waals surface area contributed by atoms with Crippen molar-refractivity contribution in [1.82, 2.24) is 25.1 Å². The van der Waals surface area contributed by atoms with Crippen LogP contribution in [-0.4, -0.2) is 44.7 Å². The molecule has 0 bridgehead atoms. The highest BCUT2D eigenvalue weighted by Gasteiger charge is 2.13. The first-order valence-corrected chi connectivity index (χ1v) is 8.59. The number of nitrogens with one attached hydrogen (secondary N) is 1. The van der Waals surface area contributed by atoms with Gasteiger partial charge in [0.2, 0.25) is 0 Å². The average Bonchev–Trinajstić information content (AvgIpc) is 3.24. The predicted octanol–water partition coefficient (Wildman–Crippen LogP) is 3.03. The number of hydrogen-bond acceptors (Lipinski definition) is 5. The molecular formula is C16H19N5S. The Kier molecular flexibility index (Phi) is 3.63. The smallest absolute Gasteiger partial charge is 0.130 e. The van der Waals surface area contributed by atoms with Crippen LogP contribution in [0.5, 0.6) is 0 Å². The standard InChI is InChI=1S/C16H19N5S/c1-11-12(9-18-20-11)14-8-13-15(22-14)10-17-16(19-13)4-7-21-5-2-3-6-21/h8-10H,2-7H2,1H3,(H,18,20). The highest BCUT2D eigenvalue weighted by atomic mass is 32.1. The number of thiophene rings is 1. The molecule has 3 aromatic heterocycles. The van der Waals surface area contributed by atoms with Gasteiger partial charge in [0.15, 0.2) is 0 Å². The van der Waals surface area contributed by atoms with Crippen LogP contribution in [0.4, 0.5) is 0 Å². The summed E-state index contributed by atoms with van der Waals surface area (Å²) in [4.78, 5) is 13.0. The van der Waals surface area contributed by atoms with Gasteiger partial charge in [-0.2, -0.15) is 5.10 Å². The monoisotopic (exact) mass is 313 g/mol. The third-order valence-electron chi connectivity index (χ3n) is 4.27. The van der Waals surface area contributed by atoms with Crippen LogP contribution in [0.3, 0.4) is 0 Å². The van der Waals surface area contributed by atoms with Crippen LogP contribution >= 0.6 is 11.3 Å². The first-order valence-electron chi connectivity index (χ1n) is 7.78. The molecule has 4 rings (SSSR count). The van der Waals surface area contributed by atoms with E-state index in [0.29, 0.717) is 0 Å². The third kappa shape index (κ3) is 2.64. The van der Waals surface area contributed by atoms with Crippen LogP contribution in [0.1, 0.15) is 24.4 Å². The Morgan fingerprint density at radius 3 is 2.91 bits per heavy atom. The number of fused-ring (bicyclic) bond motifs is 1. The van der Waals surface area contributed by atoms with Gasteiger partial charge in [0.1, 0.15) is 5.82 Å². The van der Waals surface area contributed by atoms with E-state index in [1.54, 1.807) is 11.3 Å². The lowest BCUT2D eigenvalue weighted by atomic mass is 10.2. The number of aromatic nitrogens is 4. The van der Waals surface area contributed by atoms with E-state index in [0.717, 1.165) is 40.3 Å². The number of hydrogen-bond donors (Lipinski definition) is 1. The van der Waals surface area contributed by atoms with Gasteiger partial charge < -0.3 is 4.90 Å². The van der Waals surface area contributed by atoms with Crippen molar-refractivity contribution in [2.75, 3.05) is 19.6 Å². The maximum absolute atomic E-state index is 4.74. The van der Waals surface area contributed by atoms with E-state index in [4.69, 9.17) is 4.98 Å². The summed E-state index contributed by atoms with van der Waals surface area (Å²) in [7, 11) is 0. The molecule has 1 aliphatic heterocycles. The molecule has 1 aliphatic rings. The molecule has 114 valence electrons. The summed E-state index contributed by atoms with van der Waals surface area (Å²) in [5, 5.41) is 7.09. The zero-order valence-electron chi connectivity index (χ0n) is 12.7.